The van der Waals surface area contributed by atoms with Gasteiger partial charge in [0.15, 0.2) is 0 Å². The second-order valence-corrected chi connectivity index (χ2v) is 6.66. The molecule has 0 aliphatic rings. The molecule has 1 heterocycles. The molecule has 0 saturated heterocycles. The zero-order valence-corrected chi connectivity index (χ0v) is 13.5. The second kappa shape index (κ2) is 7.16. The lowest BCUT2D eigenvalue weighted by molar-refractivity contribution is 0.149. The molecule has 1 rings (SSSR count). The molecule has 1 unspecified atom stereocenters. The zero-order valence-electron chi connectivity index (χ0n) is 12.7. The van der Waals surface area contributed by atoms with Crippen LogP contribution in [0.4, 0.5) is 0 Å². The molecule has 7 nitrogen and oxygen atoms in total. The number of hydrogen-bond acceptors (Lipinski definition) is 5. The van der Waals surface area contributed by atoms with E-state index in [1.807, 2.05) is 6.92 Å². The van der Waals surface area contributed by atoms with Crippen molar-refractivity contribution in [3.8, 4) is 0 Å². The van der Waals surface area contributed by atoms with Gasteiger partial charge in [0.25, 0.3) is 0 Å². The Bertz CT molecular complexity index is 527. The molecule has 1 aromatic heterocycles. The summed E-state index contributed by atoms with van der Waals surface area (Å²) in [5.41, 5.74) is 1.06. The van der Waals surface area contributed by atoms with E-state index < -0.39 is 10.0 Å². The first-order valence-corrected chi connectivity index (χ1v) is 8.01. The standard InChI is InChI=1S/C12H24N4O3S/c1-6-13-7-11-12(10(3)14-15-11)20(17,18)16(4)9(2)8-19-5/h9,13H,6-8H2,1-5H3,(H,14,15). The number of likely N-dealkylation sites (N-methyl/N-ethyl adjacent to an activating group) is 1. The topological polar surface area (TPSA) is 87.3 Å². The Hall–Kier alpha value is -0.960. The number of rotatable bonds is 8. The van der Waals surface area contributed by atoms with E-state index in [9.17, 15) is 8.42 Å². The quantitative estimate of drug-likeness (QED) is 0.729. The van der Waals surface area contributed by atoms with Gasteiger partial charge in [-0.05, 0) is 20.4 Å². The van der Waals surface area contributed by atoms with Gasteiger partial charge in [-0.25, -0.2) is 8.42 Å². The first-order chi connectivity index (χ1) is 9.36. The van der Waals surface area contributed by atoms with Gasteiger partial charge < -0.3 is 10.1 Å². The summed E-state index contributed by atoms with van der Waals surface area (Å²) in [7, 11) is -0.479. The molecule has 8 heteroatoms. The fraction of sp³-hybridized carbons (Fsp3) is 0.750. The Kier molecular flexibility index (Phi) is 6.12. The molecule has 0 fully saturated rings. The van der Waals surface area contributed by atoms with Gasteiger partial charge in [-0.3, -0.25) is 5.10 Å². The highest BCUT2D eigenvalue weighted by Gasteiger charge is 2.31. The largest absolute Gasteiger partial charge is 0.383 e. The minimum absolute atomic E-state index is 0.244. The predicted octanol–water partition coefficient (Wildman–Crippen LogP) is 0.483. The van der Waals surface area contributed by atoms with Gasteiger partial charge >= 0.3 is 0 Å². The van der Waals surface area contributed by atoms with Crippen LogP contribution in [0.3, 0.4) is 0 Å². The van der Waals surface area contributed by atoms with Crippen molar-refractivity contribution in [3.63, 3.8) is 0 Å². The van der Waals surface area contributed by atoms with E-state index in [0.29, 0.717) is 24.5 Å². The van der Waals surface area contributed by atoms with Crippen LogP contribution in [-0.4, -0.2) is 56.3 Å². The third-order valence-corrected chi connectivity index (χ3v) is 5.35. The minimum Gasteiger partial charge on any atom is -0.383 e. The molecule has 116 valence electrons. The number of sulfonamides is 1. The summed E-state index contributed by atoms with van der Waals surface area (Å²) in [6, 6.07) is -0.244. The van der Waals surface area contributed by atoms with Crippen molar-refractivity contribution < 1.29 is 13.2 Å². The summed E-state index contributed by atoms with van der Waals surface area (Å²) >= 11 is 0. The Balaban J connectivity index is 3.11. The van der Waals surface area contributed by atoms with E-state index in [1.165, 1.54) is 4.31 Å². The molecule has 2 N–H and O–H groups in total. The van der Waals surface area contributed by atoms with E-state index in [2.05, 4.69) is 15.5 Å². The fourth-order valence-electron chi connectivity index (χ4n) is 1.90. The van der Waals surface area contributed by atoms with Crippen molar-refractivity contribution in [1.29, 1.82) is 0 Å². The van der Waals surface area contributed by atoms with Crippen LogP contribution in [0.15, 0.2) is 4.90 Å². The number of hydrogen-bond donors (Lipinski definition) is 2. The first-order valence-electron chi connectivity index (χ1n) is 6.57. The lowest BCUT2D eigenvalue weighted by Gasteiger charge is -2.24. The molecule has 0 bridgehead atoms. The second-order valence-electron chi connectivity index (χ2n) is 4.73. The number of nitrogens with zero attached hydrogens (tertiary/aromatic N) is 2. The SMILES string of the molecule is CCNCc1n[nH]c(C)c1S(=O)(=O)N(C)C(C)COC. The number of aromatic nitrogens is 2. The van der Waals surface area contributed by atoms with Crippen LogP contribution >= 0.6 is 0 Å². The van der Waals surface area contributed by atoms with Gasteiger partial charge in [0.05, 0.1) is 18.0 Å². The summed E-state index contributed by atoms with van der Waals surface area (Å²) in [5.74, 6) is 0. The van der Waals surface area contributed by atoms with E-state index in [4.69, 9.17) is 4.74 Å². The van der Waals surface area contributed by atoms with Crippen molar-refractivity contribution in [2.24, 2.45) is 0 Å². The van der Waals surface area contributed by atoms with Crippen LogP contribution in [0.25, 0.3) is 0 Å². The van der Waals surface area contributed by atoms with Crippen molar-refractivity contribution in [3.05, 3.63) is 11.4 Å². The Labute approximate surface area is 120 Å². The number of ether oxygens (including phenoxy) is 1. The maximum absolute atomic E-state index is 12.7. The minimum atomic E-state index is -3.59. The molecule has 0 saturated carbocycles. The van der Waals surface area contributed by atoms with Crippen LogP contribution in [-0.2, 0) is 21.3 Å². The van der Waals surface area contributed by atoms with E-state index in [1.54, 1.807) is 28.0 Å². The van der Waals surface area contributed by atoms with Gasteiger partial charge in [0.1, 0.15) is 4.90 Å². The molecule has 0 amide bonds. The van der Waals surface area contributed by atoms with Gasteiger partial charge in [-0.2, -0.15) is 9.40 Å². The molecule has 20 heavy (non-hydrogen) atoms. The van der Waals surface area contributed by atoms with Crippen LogP contribution in [0, 0.1) is 6.92 Å². The average molecular weight is 304 g/mol. The summed E-state index contributed by atoms with van der Waals surface area (Å²) in [6.07, 6.45) is 0. The highest BCUT2D eigenvalue weighted by molar-refractivity contribution is 7.89. The number of H-pyrrole nitrogens is 1. The van der Waals surface area contributed by atoms with E-state index in [-0.39, 0.29) is 10.9 Å². The third-order valence-electron chi connectivity index (χ3n) is 3.17. The number of nitrogens with one attached hydrogen (secondary N) is 2. The van der Waals surface area contributed by atoms with Crippen molar-refractivity contribution >= 4 is 10.0 Å². The van der Waals surface area contributed by atoms with Crippen molar-refractivity contribution in [2.75, 3.05) is 27.3 Å². The van der Waals surface area contributed by atoms with E-state index in [0.717, 1.165) is 6.54 Å². The lowest BCUT2D eigenvalue weighted by atomic mass is 10.3. The molecule has 0 radical (unpaired) electrons. The Morgan fingerprint density at radius 1 is 1.50 bits per heavy atom. The van der Waals surface area contributed by atoms with Gasteiger partial charge in [-0.1, -0.05) is 6.92 Å². The molecule has 0 aliphatic heterocycles. The third kappa shape index (κ3) is 3.57. The fourth-order valence-corrected chi connectivity index (χ4v) is 3.57. The molecular formula is C12H24N4O3S. The summed E-state index contributed by atoms with van der Waals surface area (Å²) in [4.78, 5) is 0.254. The average Bonchev–Trinajstić information content (AvgIpc) is 2.77. The van der Waals surface area contributed by atoms with Crippen LogP contribution < -0.4 is 5.32 Å². The van der Waals surface area contributed by atoms with Crippen molar-refractivity contribution in [2.45, 2.75) is 38.3 Å². The van der Waals surface area contributed by atoms with Crippen molar-refractivity contribution in [1.82, 2.24) is 19.8 Å². The molecule has 0 aliphatic carbocycles. The maximum atomic E-state index is 12.7. The lowest BCUT2D eigenvalue weighted by Crippen LogP contribution is -2.38. The first kappa shape index (κ1) is 17.1. The summed E-state index contributed by atoms with van der Waals surface area (Å²) in [5, 5.41) is 9.93. The molecule has 1 aromatic rings. The highest BCUT2D eigenvalue weighted by atomic mass is 32.2. The molecular weight excluding hydrogens is 280 g/mol. The number of aromatic amines is 1. The number of aryl methyl sites for hydroxylation is 1. The van der Waals surface area contributed by atoms with Gasteiger partial charge in [0.2, 0.25) is 10.0 Å². The number of methoxy groups -OCH3 is 1. The van der Waals surface area contributed by atoms with Crippen LogP contribution in [0.1, 0.15) is 25.2 Å². The molecule has 1 atom stereocenters. The Morgan fingerprint density at radius 2 is 2.15 bits per heavy atom. The van der Waals surface area contributed by atoms with Crippen LogP contribution in [0.2, 0.25) is 0 Å². The molecule has 0 spiro atoms. The summed E-state index contributed by atoms with van der Waals surface area (Å²) in [6.45, 7) is 6.99. The van der Waals surface area contributed by atoms with Crippen LogP contribution in [0.5, 0.6) is 0 Å². The monoisotopic (exact) mass is 304 g/mol. The highest BCUT2D eigenvalue weighted by Crippen LogP contribution is 2.22. The Morgan fingerprint density at radius 3 is 2.70 bits per heavy atom. The van der Waals surface area contributed by atoms with Gasteiger partial charge in [-0.15, -0.1) is 0 Å². The molecule has 0 aromatic carbocycles. The van der Waals surface area contributed by atoms with E-state index >= 15 is 0 Å². The predicted molar refractivity (Wildman–Crippen MR) is 77.0 cm³/mol. The zero-order chi connectivity index (χ0) is 15.3. The normalized spacial score (nSPS) is 13.9. The summed E-state index contributed by atoms with van der Waals surface area (Å²) < 4.78 is 31.7. The smallest absolute Gasteiger partial charge is 0.246 e. The maximum Gasteiger partial charge on any atom is 0.246 e. The van der Waals surface area contributed by atoms with Gasteiger partial charge in [0, 0.05) is 26.7 Å².